The van der Waals surface area contributed by atoms with Gasteiger partial charge in [-0.3, -0.25) is 10.00 Å². The number of aromatic amines is 1. The topological polar surface area (TPSA) is 93.1 Å². The zero-order chi connectivity index (χ0) is 20.1. The summed E-state index contributed by atoms with van der Waals surface area (Å²) < 4.78 is 33.3. The second-order valence-corrected chi connectivity index (χ2v) is 9.82. The predicted octanol–water partition coefficient (Wildman–Crippen LogP) is 2.30. The number of aromatic nitrogens is 4. The summed E-state index contributed by atoms with van der Waals surface area (Å²) in [5, 5.41) is 7.15. The molecule has 9 heteroatoms. The normalized spacial score (nSPS) is 15.7. The maximum absolute atomic E-state index is 13.1. The molecule has 0 spiro atoms. The Kier molecular flexibility index (Phi) is 6.90. The molecule has 0 bridgehead atoms. The number of ether oxygens (including phenoxy) is 1. The van der Waals surface area contributed by atoms with Crippen molar-refractivity contribution in [3.8, 4) is 0 Å². The van der Waals surface area contributed by atoms with Crippen molar-refractivity contribution in [3.63, 3.8) is 0 Å². The minimum Gasteiger partial charge on any atom is -0.385 e. The summed E-state index contributed by atoms with van der Waals surface area (Å²) in [7, 11) is 0.257. The molecule has 2 aromatic heterocycles. The van der Waals surface area contributed by atoms with E-state index in [2.05, 4.69) is 20.1 Å². The number of imidazole rings is 1. The van der Waals surface area contributed by atoms with Crippen LogP contribution in [0.5, 0.6) is 0 Å². The lowest BCUT2D eigenvalue weighted by molar-refractivity contribution is 0.188. The standard InChI is InChI=1S/C19H31N5O3S/c1-15-11-16(22-21-15)13-23(2)14-17-12-20-19(24(17)9-6-10-27-3)28(25,26)18-7-4-5-8-18/h11-12,18H,4-10,13-14H2,1-3H3,(H,21,22). The smallest absolute Gasteiger partial charge is 0.228 e. The molecule has 156 valence electrons. The van der Waals surface area contributed by atoms with Gasteiger partial charge in [0.05, 0.1) is 22.8 Å². The van der Waals surface area contributed by atoms with Gasteiger partial charge < -0.3 is 9.30 Å². The first-order valence-corrected chi connectivity index (χ1v) is 11.4. The van der Waals surface area contributed by atoms with E-state index in [4.69, 9.17) is 4.74 Å². The largest absolute Gasteiger partial charge is 0.385 e. The quantitative estimate of drug-likeness (QED) is 0.605. The Morgan fingerprint density at radius 3 is 2.71 bits per heavy atom. The van der Waals surface area contributed by atoms with E-state index in [0.29, 0.717) is 26.2 Å². The van der Waals surface area contributed by atoms with Crippen LogP contribution < -0.4 is 0 Å². The van der Waals surface area contributed by atoms with Gasteiger partial charge in [0.25, 0.3) is 0 Å². The minimum atomic E-state index is -3.40. The van der Waals surface area contributed by atoms with Gasteiger partial charge in [-0.15, -0.1) is 0 Å². The third-order valence-electron chi connectivity index (χ3n) is 5.25. The van der Waals surface area contributed by atoms with Gasteiger partial charge >= 0.3 is 0 Å². The first-order valence-electron chi connectivity index (χ1n) is 9.88. The van der Waals surface area contributed by atoms with E-state index in [9.17, 15) is 8.42 Å². The van der Waals surface area contributed by atoms with E-state index in [1.807, 2.05) is 24.6 Å². The molecule has 1 aliphatic carbocycles. The van der Waals surface area contributed by atoms with Gasteiger partial charge in [-0.1, -0.05) is 12.8 Å². The molecule has 0 radical (unpaired) electrons. The maximum atomic E-state index is 13.1. The highest BCUT2D eigenvalue weighted by Crippen LogP contribution is 2.29. The van der Waals surface area contributed by atoms with E-state index in [1.54, 1.807) is 13.3 Å². The molecule has 0 saturated heterocycles. The van der Waals surface area contributed by atoms with Crippen molar-refractivity contribution >= 4 is 9.84 Å². The number of nitrogens with one attached hydrogen (secondary N) is 1. The van der Waals surface area contributed by atoms with Crippen LogP contribution in [0.25, 0.3) is 0 Å². The average molecular weight is 410 g/mol. The summed E-state index contributed by atoms with van der Waals surface area (Å²) in [6.45, 7) is 4.43. The summed E-state index contributed by atoms with van der Waals surface area (Å²) in [6.07, 6.45) is 5.89. The van der Waals surface area contributed by atoms with Crippen LogP contribution in [0.3, 0.4) is 0 Å². The lowest BCUT2D eigenvalue weighted by Crippen LogP contribution is -2.25. The first kappa shape index (κ1) is 21.0. The molecule has 1 saturated carbocycles. The molecule has 28 heavy (non-hydrogen) atoms. The molecular formula is C19H31N5O3S. The highest BCUT2D eigenvalue weighted by Gasteiger charge is 2.34. The number of aryl methyl sites for hydroxylation is 1. The zero-order valence-electron chi connectivity index (χ0n) is 17.0. The van der Waals surface area contributed by atoms with Gasteiger partial charge in [0.2, 0.25) is 15.0 Å². The molecule has 0 amide bonds. The van der Waals surface area contributed by atoms with Crippen LogP contribution in [0.1, 0.15) is 49.2 Å². The van der Waals surface area contributed by atoms with E-state index in [0.717, 1.165) is 49.2 Å². The Balaban J connectivity index is 1.80. The zero-order valence-corrected chi connectivity index (χ0v) is 17.8. The van der Waals surface area contributed by atoms with E-state index >= 15 is 0 Å². The third kappa shape index (κ3) is 4.82. The monoisotopic (exact) mass is 409 g/mol. The maximum Gasteiger partial charge on any atom is 0.228 e. The fourth-order valence-corrected chi connectivity index (χ4v) is 5.83. The van der Waals surface area contributed by atoms with Crippen LogP contribution in [0.15, 0.2) is 17.4 Å². The Morgan fingerprint density at radius 1 is 1.32 bits per heavy atom. The number of sulfone groups is 1. The molecule has 0 aliphatic heterocycles. The van der Waals surface area contributed by atoms with Crippen molar-refractivity contribution in [2.75, 3.05) is 20.8 Å². The van der Waals surface area contributed by atoms with Crippen LogP contribution in [0.2, 0.25) is 0 Å². The van der Waals surface area contributed by atoms with Gasteiger partial charge in [0.15, 0.2) is 0 Å². The SMILES string of the molecule is COCCCn1c(CN(C)Cc2cc(C)[nH]n2)cnc1S(=O)(=O)C1CCCC1. The van der Waals surface area contributed by atoms with Crippen LogP contribution in [0, 0.1) is 6.92 Å². The second-order valence-electron chi connectivity index (χ2n) is 7.70. The van der Waals surface area contributed by atoms with Gasteiger partial charge in [-0.25, -0.2) is 13.4 Å². The Bertz CT molecular complexity index is 868. The molecule has 8 nitrogen and oxygen atoms in total. The first-order chi connectivity index (χ1) is 13.4. The van der Waals surface area contributed by atoms with Gasteiger partial charge in [-0.2, -0.15) is 5.10 Å². The van der Waals surface area contributed by atoms with Crippen molar-refractivity contribution in [1.29, 1.82) is 0 Å². The van der Waals surface area contributed by atoms with E-state index < -0.39 is 9.84 Å². The number of nitrogens with zero attached hydrogens (tertiary/aromatic N) is 4. The van der Waals surface area contributed by atoms with Crippen molar-refractivity contribution in [2.45, 2.75) is 69.1 Å². The lowest BCUT2D eigenvalue weighted by atomic mass is 10.3. The van der Waals surface area contributed by atoms with Crippen molar-refractivity contribution in [1.82, 2.24) is 24.6 Å². The van der Waals surface area contributed by atoms with Gasteiger partial charge in [0, 0.05) is 39.0 Å². The minimum absolute atomic E-state index is 0.217. The number of hydrogen-bond acceptors (Lipinski definition) is 6. The van der Waals surface area contributed by atoms with E-state index in [-0.39, 0.29) is 10.4 Å². The molecular weight excluding hydrogens is 378 g/mol. The fourth-order valence-electron chi connectivity index (χ4n) is 3.86. The number of rotatable bonds is 10. The number of H-pyrrole nitrogens is 1. The van der Waals surface area contributed by atoms with Gasteiger partial charge in [-0.05, 0) is 39.3 Å². The molecule has 1 aliphatic rings. The molecule has 0 unspecified atom stereocenters. The van der Waals surface area contributed by atoms with Gasteiger partial charge in [0.1, 0.15) is 0 Å². The molecule has 1 fully saturated rings. The molecule has 3 rings (SSSR count). The average Bonchev–Trinajstić information content (AvgIpc) is 3.37. The number of hydrogen-bond donors (Lipinski definition) is 1. The van der Waals surface area contributed by atoms with Crippen molar-refractivity contribution in [2.24, 2.45) is 0 Å². The predicted molar refractivity (Wildman–Crippen MR) is 107 cm³/mol. The fraction of sp³-hybridized carbons (Fsp3) is 0.684. The molecule has 2 aromatic rings. The number of methoxy groups -OCH3 is 1. The van der Waals surface area contributed by atoms with Crippen LogP contribution in [-0.2, 0) is 34.2 Å². The third-order valence-corrected chi connectivity index (χ3v) is 7.43. The Morgan fingerprint density at radius 2 is 2.07 bits per heavy atom. The summed E-state index contributed by atoms with van der Waals surface area (Å²) in [6, 6.07) is 2.02. The van der Waals surface area contributed by atoms with Crippen LogP contribution >= 0.6 is 0 Å². The Hall–Kier alpha value is -1.71. The molecule has 0 atom stereocenters. The summed E-state index contributed by atoms with van der Waals surface area (Å²) in [5.74, 6) is 0. The van der Waals surface area contributed by atoms with Crippen LogP contribution in [0.4, 0.5) is 0 Å². The molecule has 1 N–H and O–H groups in total. The Labute approximate surface area is 167 Å². The molecule has 2 heterocycles. The van der Waals surface area contributed by atoms with Crippen molar-refractivity contribution < 1.29 is 13.2 Å². The summed E-state index contributed by atoms with van der Waals surface area (Å²) >= 11 is 0. The second kappa shape index (κ2) is 9.19. The summed E-state index contributed by atoms with van der Waals surface area (Å²) in [5.41, 5.74) is 2.89. The van der Waals surface area contributed by atoms with Crippen LogP contribution in [-0.4, -0.2) is 59.1 Å². The van der Waals surface area contributed by atoms with E-state index in [1.165, 1.54) is 0 Å². The highest BCUT2D eigenvalue weighted by atomic mass is 32.2. The summed E-state index contributed by atoms with van der Waals surface area (Å²) in [4.78, 5) is 6.48. The highest BCUT2D eigenvalue weighted by molar-refractivity contribution is 7.91. The lowest BCUT2D eigenvalue weighted by Gasteiger charge is -2.19. The van der Waals surface area contributed by atoms with Crippen molar-refractivity contribution in [3.05, 3.63) is 29.3 Å². The molecule has 0 aromatic carbocycles.